The Labute approximate surface area is 116 Å². The van der Waals surface area contributed by atoms with Crippen LogP contribution in [-0.2, 0) is 6.42 Å². The van der Waals surface area contributed by atoms with Crippen LogP contribution in [0.4, 0.5) is 5.82 Å². The third-order valence-electron chi connectivity index (χ3n) is 3.48. The predicted molar refractivity (Wildman–Crippen MR) is 74.4 cm³/mol. The van der Waals surface area contributed by atoms with Crippen molar-refractivity contribution >= 4 is 17.4 Å². The second-order valence-corrected chi connectivity index (χ2v) is 4.80. The van der Waals surface area contributed by atoms with Gasteiger partial charge in [0.15, 0.2) is 11.3 Å². The number of hydrogen-bond acceptors (Lipinski definition) is 5. The number of rotatable bonds is 3. The van der Waals surface area contributed by atoms with Crippen LogP contribution in [0.2, 0.25) is 0 Å². The van der Waals surface area contributed by atoms with Crippen molar-refractivity contribution < 1.29 is 9.90 Å². The van der Waals surface area contributed by atoms with E-state index in [2.05, 4.69) is 20.3 Å². The molecule has 0 radical (unpaired) electrons. The number of aryl methyl sites for hydroxylation is 1. The Kier molecular flexibility index (Phi) is 3.27. The van der Waals surface area contributed by atoms with Gasteiger partial charge in [-0.05, 0) is 6.42 Å². The number of nitrogens with zero attached hydrogens (tertiary/aromatic N) is 4. The van der Waals surface area contributed by atoms with Gasteiger partial charge in [0.05, 0.1) is 5.69 Å². The zero-order valence-corrected chi connectivity index (χ0v) is 11.3. The van der Waals surface area contributed by atoms with E-state index in [1.807, 2.05) is 13.0 Å². The second kappa shape index (κ2) is 5.09. The first kappa shape index (κ1) is 12.9. The minimum Gasteiger partial charge on any atom is -0.477 e. The highest BCUT2D eigenvalue weighted by atomic mass is 16.4. The van der Waals surface area contributed by atoms with Crippen LogP contribution < -0.4 is 10.2 Å². The number of fused-ring (bicyclic) bond motifs is 1. The molecule has 0 saturated carbocycles. The van der Waals surface area contributed by atoms with E-state index in [1.54, 1.807) is 10.6 Å². The molecule has 2 N–H and O–H groups in total. The van der Waals surface area contributed by atoms with E-state index in [4.69, 9.17) is 0 Å². The van der Waals surface area contributed by atoms with Crippen LogP contribution in [0.25, 0.3) is 5.65 Å². The Balaban J connectivity index is 2.15. The minimum atomic E-state index is -1.01. The van der Waals surface area contributed by atoms with E-state index >= 15 is 0 Å². The van der Waals surface area contributed by atoms with Crippen molar-refractivity contribution in [3.63, 3.8) is 0 Å². The van der Waals surface area contributed by atoms with Crippen LogP contribution in [0, 0.1) is 0 Å². The van der Waals surface area contributed by atoms with Crippen molar-refractivity contribution in [3.8, 4) is 0 Å². The van der Waals surface area contributed by atoms with E-state index in [0.29, 0.717) is 5.65 Å². The summed E-state index contributed by atoms with van der Waals surface area (Å²) in [6.07, 6.45) is 0.798. The summed E-state index contributed by atoms with van der Waals surface area (Å²) in [5, 5.41) is 17.0. The topological polar surface area (TPSA) is 82.8 Å². The first-order chi connectivity index (χ1) is 9.69. The van der Waals surface area contributed by atoms with Crippen molar-refractivity contribution in [2.75, 3.05) is 31.1 Å². The maximum Gasteiger partial charge on any atom is 0.354 e. The molecule has 0 atom stereocenters. The largest absolute Gasteiger partial charge is 0.477 e. The predicted octanol–water partition coefficient (Wildman–Crippen LogP) is 0.399. The third-order valence-corrected chi connectivity index (χ3v) is 3.48. The normalized spacial score (nSPS) is 15.8. The molecule has 1 aliphatic heterocycles. The number of nitrogens with one attached hydrogen (secondary N) is 1. The number of aromatic nitrogens is 3. The maximum atomic E-state index is 11.2. The van der Waals surface area contributed by atoms with Gasteiger partial charge in [-0.1, -0.05) is 6.92 Å². The van der Waals surface area contributed by atoms with Gasteiger partial charge in [-0.2, -0.15) is 9.61 Å². The fraction of sp³-hybridized carbons (Fsp3) is 0.462. The molecule has 0 aromatic carbocycles. The average molecular weight is 275 g/mol. The smallest absolute Gasteiger partial charge is 0.354 e. The van der Waals surface area contributed by atoms with E-state index < -0.39 is 5.97 Å². The molecular weight excluding hydrogens is 258 g/mol. The van der Waals surface area contributed by atoms with Crippen molar-refractivity contribution in [2.45, 2.75) is 13.3 Å². The van der Waals surface area contributed by atoms with Crippen LogP contribution in [0.3, 0.4) is 0 Å². The summed E-state index contributed by atoms with van der Waals surface area (Å²) in [5.74, 6) is -0.211. The Morgan fingerprint density at radius 2 is 2.15 bits per heavy atom. The van der Waals surface area contributed by atoms with Gasteiger partial charge in [0.1, 0.15) is 5.82 Å². The highest BCUT2D eigenvalue weighted by molar-refractivity contribution is 5.87. The van der Waals surface area contributed by atoms with Gasteiger partial charge in [-0.3, -0.25) is 0 Å². The van der Waals surface area contributed by atoms with Gasteiger partial charge in [-0.25, -0.2) is 9.78 Å². The molecule has 20 heavy (non-hydrogen) atoms. The molecule has 2 aromatic heterocycles. The number of carboxylic acid groups (broad SMARTS) is 1. The Morgan fingerprint density at radius 1 is 1.40 bits per heavy atom. The molecule has 0 unspecified atom stereocenters. The SMILES string of the molecule is CCc1cc2nc(C(=O)O)cc(N3CCNCC3)n2n1. The maximum absolute atomic E-state index is 11.2. The Hall–Kier alpha value is -2.15. The molecule has 0 spiro atoms. The van der Waals surface area contributed by atoms with Crippen LogP contribution in [0.5, 0.6) is 0 Å². The van der Waals surface area contributed by atoms with Crippen LogP contribution in [0.15, 0.2) is 12.1 Å². The molecule has 3 rings (SSSR count). The summed E-state index contributed by atoms with van der Waals surface area (Å²) in [6.45, 7) is 5.45. The lowest BCUT2D eigenvalue weighted by Gasteiger charge is -2.29. The third kappa shape index (κ3) is 2.20. The fourth-order valence-electron chi connectivity index (χ4n) is 2.41. The first-order valence-corrected chi connectivity index (χ1v) is 6.77. The summed E-state index contributed by atoms with van der Waals surface area (Å²) in [4.78, 5) is 17.5. The molecule has 0 bridgehead atoms. The quantitative estimate of drug-likeness (QED) is 0.843. The van der Waals surface area contributed by atoms with E-state index in [9.17, 15) is 9.90 Å². The Morgan fingerprint density at radius 3 is 2.80 bits per heavy atom. The molecule has 7 nitrogen and oxygen atoms in total. The summed E-state index contributed by atoms with van der Waals surface area (Å²) >= 11 is 0. The lowest BCUT2D eigenvalue weighted by molar-refractivity contribution is 0.0690. The van der Waals surface area contributed by atoms with Gasteiger partial charge in [0.2, 0.25) is 0 Å². The zero-order valence-electron chi connectivity index (χ0n) is 11.3. The van der Waals surface area contributed by atoms with E-state index in [1.165, 1.54) is 0 Å². The summed E-state index contributed by atoms with van der Waals surface area (Å²) in [6, 6.07) is 3.45. The molecule has 1 aliphatic rings. The molecular formula is C13H17N5O2. The summed E-state index contributed by atoms with van der Waals surface area (Å²) < 4.78 is 1.75. The highest BCUT2D eigenvalue weighted by Crippen LogP contribution is 2.19. The average Bonchev–Trinajstić information content (AvgIpc) is 2.90. The molecule has 7 heteroatoms. The van der Waals surface area contributed by atoms with Gasteiger partial charge >= 0.3 is 5.97 Å². The molecule has 0 aliphatic carbocycles. The molecule has 1 saturated heterocycles. The van der Waals surface area contributed by atoms with Crippen LogP contribution >= 0.6 is 0 Å². The number of carboxylic acids is 1. The second-order valence-electron chi connectivity index (χ2n) is 4.80. The van der Waals surface area contributed by atoms with Crippen LogP contribution in [-0.4, -0.2) is 51.9 Å². The van der Waals surface area contributed by atoms with Crippen molar-refractivity contribution in [1.82, 2.24) is 19.9 Å². The van der Waals surface area contributed by atoms with E-state index in [-0.39, 0.29) is 5.69 Å². The molecule has 3 heterocycles. The number of carbonyl (C=O) groups is 1. The molecule has 2 aromatic rings. The van der Waals surface area contributed by atoms with Crippen molar-refractivity contribution in [2.24, 2.45) is 0 Å². The Bertz CT molecular complexity index is 645. The van der Waals surface area contributed by atoms with Gasteiger partial charge in [-0.15, -0.1) is 0 Å². The fourth-order valence-corrected chi connectivity index (χ4v) is 2.41. The van der Waals surface area contributed by atoms with Crippen molar-refractivity contribution in [1.29, 1.82) is 0 Å². The summed E-state index contributed by atoms with van der Waals surface area (Å²) in [5.41, 5.74) is 1.57. The number of hydrogen-bond donors (Lipinski definition) is 2. The lowest BCUT2D eigenvalue weighted by atomic mass is 10.3. The monoisotopic (exact) mass is 275 g/mol. The van der Waals surface area contributed by atoms with Crippen molar-refractivity contribution in [3.05, 3.63) is 23.5 Å². The van der Waals surface area contributed by atoms with E-state index in [0.717, 1.165) is 44.1 Å². The highest BCUT2D eigenvalue weighted by Gasteiger charge is 2.19. The van der Waals surface area contributed by atoms with Gasteiger partial charge < -0.3 is 15.3 Å². The van der Waals surface area contributed by atoms with Gasteiger partial charge in [0.25, 0.3) is 0 Å². The minimum absolute atomic E-state index is 0.0635. The van der Waals surface area contributed by atoms with Gasteiger partial charge in [0, 0.05) is 38.3 Å². The van der Waals surface area contributed by atoms with Crippen LogP contribution in [0.1, 0.15) is 23.1 Å². The number of aromatic carboxylic acids is 1. The number of piperazine rings is 1. The lowest BCUT2D eigenvalue weighted by Crippen LogP contribution is -2.44. The standard InChI is InChI=1S/C13H17N5O2/c1-2-9-7-11-15-10(13(19)20)8-12(18(11)16-9)17-5-3-14-4-6-17/h7-8,14H,2-6H2,1H3,(H,19,20). The first-order valence-electron chi connectivity index (χ1n) is 6.77. The molecule has 0 amide bonds. The number of anilines is 1. The summed E-state index contributed by atoms with van der Waals surface area (Å²) in [7, 11) is 0. The molecule has 1 fully saturated rings. The zero-order chi connectivity index (χ0) is 14.1. The molecule has 106 valence electrons.